The molecule has 0 aromatic heterocycles. The molecule has 0 saturated carbocycles. The standard InChI is InChI=1S/C21H34N4O2S2/c1-4-22-20(24-14-15-28-21(2,3)17-24)23-16-18-10-12-25(13-11-18)29(26,27)19-8-6-5-7-9-19/h5-9,18H,4,10-17H2,1-3H3,(H,22,23). The molecule has 1 aromatic rings. The van der Waals surface area contributed by atoms with Crippen molar-refractivity contribution in [2.24, 2.45) is 10.9 Å². The molecule has 1 aromatic carbocycles. The number of hydrogen-bond donors (Lipinski definition) is 1. The number of thioether (sulfide) groups is 1. The van der Waals surface area contributed by atoms with Crippen LogP contribution in [0.4, 0.5) is 0 Å². The molecule has 29 heavy (non-hydrogen) atoms. The van der Waals surface area contributed by atoms with Crippen molar-refractivity contribution >= 4 is 27.7 Å². The molecule has 6 nitrogen and oxygen atoms in total. The van der Waals surface area contributed by atoms with Crippen LogP contribution in [0.5, 0.6) is 0 Å². The molecule has 2 heterocycles. The second-order valence-corrected chi connectivity index (χ2v) is 12.1. The highest BCUT2D eigenvalue weighted by atomic mass is 32.2. The largest absolute Gasteiger partial charge is 0.357 e. The molecular formula is C21H34N4O2S2. The minimum Gasteiger partial charge on any atom is -0.357 e. The van der Waals surface area contributed by atoms with Crippen molar-refractivity contribution in [1.82, 2.24) is 14.5 Å². The normalized spacial score (nSPS) is 21.9. The highest BCUT2D eigenvalue weighted by molar-refractivity contribution is 8.00. The summed E-state index contributed by atoms with van der Waals surface area (Å²) in [5.74, 6) is 2.55. The van der Waals surface area contributed by atoms with E-state index in [2.05, 4.69) is 31.0 Å². The summed E-state index contributed by atoms with van der Waals surface area (Å²) in [4.78, 5) is 7.68. The van der Waals surface area contributed by atoms with Crippen LogP contribution in [-0.4, -0.2) is 73.4 Å². The second-order valence-electron chi connectivity index (χ2n) is 8.38. The van der Waals surface area contributed by atoms with Crippen LogP contribution in [0, 0.1) is 5.92 Å². The van der Waals surface area contributed by atoms with Crippen molar-refractivity contribution in [3.63, 3.8) is 0 Å². The van der Waals surface area contributed by atoms with Gasteiger partial charge >= 0.3 is 0 Å². The summed E-state index contributed by atoms with van der Waals surface area (Å²) in [5.41, 5.74) is 0. The van der Waals surface area contributed by atoms with Crippen molar-refractivity contribution in [2.45, 2.75) is 43.3 Å². The number of guanidine groups is 1. The lowest BCUT2D eigenvalue weighted by molar-refractivity contribution is 0.277. The fourth-order valence-corrected chi connectivity index (χ4v) is 6.51. The van der Waals surface area contributed by atoms with Crippen molar-refractivity contribution < 1.29 is 8.42 Å². The van der Waals surface area contributed by atoms with Crippen LogP contribution in [0.25, 0.3) is 0 Å². The third-order valence-corrected chi connectivity index (χ3v) is 8.72. The van der Waals surface area contributed by atoms with E-state index in [0.717, 1.165) is 50.7 Å². The maximum atomic E-state index is 12.8. The predicted molar refractivity (Wildman–Crippen MR) is 122 cm³/mol. The van der Waals surface area contributed by atoms with E-state index in [1.807, 2.05) is 17.8 Å². The monoisotopic (exact) mass is 438 g/mol. The number of nitrogens with zero attached hydrogens (tertiary/aromatic N) is 3. The van der Waals surface area contributed by atoms with Crippen LogP contribution in [0.2, 0.25) is 0 Å². The Labute approximate surface area is 180 Å². The predicted octanol–water partition coefficient (Wildman–Crippen LogP) is 2.88. The maximum Gasteiger partial charge on any atom is 0.243 e. The zero-order valence-electron chi connectivity index (χ0n) is 17.8. The van der Waals surface area contributed by atoms with E-state index in [0.29, 0.717) is 23.9 Å². The number of piperidine rings is 1. The number of aliphatic imine (C=N–C) groups is 1. The van der Waals surface area contributed by atoms with Crippen molar-refractivity contribution in [2.75, 3.05) is 45.0 Å². The number of hydrogen-bond acceptors (Lipinski definition) is 4. The van der Waals surface area contributed by atoms with Gasteiger partial charge in [0.2, 0.25) is 10.0 Å². The molecule has 2 aliphatic rings. The van der Waals surface area contributed by atoms with Crippen molar-refractivity contribution in [1.29, 1.82) is 0 Å². The molecule has 1 N–H and O–H groups in total. The Kier molecular flexibility index (Phi) is 7.51. The quantitative estimate of drug-likeness (QED) is 0.566. The van der Waals surface area contributed by atoms with E-state index in [1.54, 1.807) is 28.6 Å². The Morgan fingerprint density at radius 2 is 1.90 bits per heavy atom. The molecule has 8 heteroatoms. The number of benzene rings is 1. The van der Waals surface area contributed by atoms with Gasteiger partial charge in [-0.1, -0.05) is 18.2 Å². The third-order valence-electron chi connectivity index (χ3n) is 5.51. The zero-order valence-corrected chi connectivity index (χ0v) is 19.4. The fraction of sp³-hybridized carbons (Fsp3) is 0.667. The summed E-state index contributed by atoms with van der Waals surface area (Å²) in [7, 11) is -3.38. The molecule has 2 fully saturated rings. The van der Waals surface area contributed by atoms with Gasteiger partial charge in [-0.3, -0.25) is 4.99 Å². The molecule has 0 radical (unpaired) electrons. The maximum absolute atomic E-state index is 12.8. The minimum absolute atomic E-state index is 0.242. The molecule has 0 atom stereocenters. The first-order valence-electron chi connectivity index (χ1n) is 10.5. The number of sulfonamides is 1. The van der Waals surface area contributed by atoms with Gasteiger partial charge in [-0.25, -0.2) is 8.42 Å². The Morgan fingerprint density at radius 1 is 1.21 bits per heavy atom. The summed E-state index contributed by atoms with van der Waals surface area (Å²) < 4.78 is 27.4. The first-order chi connectivity index (χ1) is 13.8. The zero-order chi connectivity index (χ0) is 20.9. The van der Waals surface area contributed by atoms with Crippen molar-refractivity contribution in [3.8, 4) is 0 Å². The van der Waals surface area contributed by atoms with Gasteiger partial charge in [0.25, 0.3) is 0 Å². The van der Waals surface area contributed by atoms with E-state index in [9.17, 15) is 8.42 Å². The van der Waals surface area contributed by atoms with Crippen LogP contribution in [-0.2, 0) is 10.0 Å². The molecule has 0 unspecified atom stereocenters. The fourth-order valence-electron chi connectivity index (χ4n) is 3.91. The van der Waals surface area contributed by atoms with Crippen LogP contribution < -0.4 is 5.32 Å². The second kappa shape index (κ2) is 9.71. The Hall–Kier alpha value is -1.25. The molecule has 162 valence electrons. The Morgan fingerprint density at radius 3 is 2.52 bits per heavy atom. The van der Waals surface area contributed by atoms with Gasteiger partial charge in [0, 0.05) is 49.8 Å². The summed E-state index contributed by atoms with van der Waals surface area (Å²) in [5, 5.41) is 3.44. The lowest BCUT2D eigenvalue weighted by atomic mass is 9.98. The molecule has 2 aliphatic heterocycles. The van der Waals surface area contributed by atoms with Gasteiger partial charge in [-0.15, -0.1) is 0 Å². The van der Waals surface area contributed by atoms with Crippen LogP contribution in [0.1, 0.15) is 33.6 Å². The molecule has 0 aliphatic carbocycles. The lowest BCUT2D eigenvalue weighted by Crippen LogP contribution is -2.51. The van der Waals surface area contributed by atoms with E-state index < -0.39 is 10.0 Å². The van der Waals surface area contributed by atoms with E-state index in [1.165, 1.54) is 0 Å². The molecule has 0 spiro atoms. The molecule has 0 bridgehead atoms. The summed E-state index contributed by atoms with van der Waals surface area (Å²) in [6.45, 7) is 11.5. The first-order valence-corrected chi connectivity index (χ1v) is 13.0. The molecule has 3 rings (SSSR count). The van der Waals surface area contributed by atoms with Gasteiger partial charge in [0.05, 0.1) is 4.90 Å². The Balaban J connectivity index is 1.57. The third kappa shape index (κ3) is 5.89. The van der Waals surface area contributed by atoms with Crippen LogP contribution in [0.3, 0.4) is 0 Å². The van der Waals surface area contributed by atoms with Crippen LogP contribution >= 0.6 is 11.8 Å². The van der Waals surface area contributed by atoms with E-state index in [-0.39, 0.29) is 4.75 Å². The van der Waals surface area contributed by atoms with E-state index >= 15 is 0 Å². The van der Waals surface area contributed by atoms with Gasteiger partial charge in [0.1, 0.15) is 0 Å². The highest BCUT2D eigenvalue weighted by Crippen LogP contribution is 2.29. The van der Waals surface area contributed by atoms with Gasteiger partial charge in [-0.05, 0) is 51.7 Å². The lowest BCUT2D eigenvalue weighted by Gasteiger charge is -2.39. The van der Waals surface area contributed by atoms with Gasteiger partial charge in [0.15, 0.2) is 5.96 Å². The summed E-state index contributed by atoms with van der Waals surface area (Å²) >= 11 is 2.02. The van der Waals surface area contributed by atoms with Crippen LogP contribution in [0.15, 0.2) is 40.2 Å². The summed E-state index contributed by atoms with van der Waals surface area (Å²) in [6, 6.07) is 8.74. The topological polar surface area (TPSA) is 65.0 Å². The number of nitrogens with one attached hydrogen (secondary N) is 1. The molecular weight excluding hydrogens is 404 g/mol. The SMILES string of the molecule is CCNC(=NCC1CCN(S(=O)(=O)c2ccccc2)CC1)N1CCSC(C)(C)C1. The molecule has 0 amide bonds. The minimum atomic E-state index is -3.38. The highest BCUT2D eigenvalue weighted by Gasteiger charge is 2.31. The van der Waals surface area contributed by atoms with E-state index in [4.69, 9.17) is 4.99 Å². The molecule has 2 saturated heterocycles. The average molecular weight is 439 g/mol. The van der Waals surface area contributed by atoms with Gasteiger partial charge < -0.3 is 10.2 Å². The van der Waals surface area contributed by atoms with Crippen molar-refractivity contribution in [3.05, 3.63) is 30.3 Å². The number of rotatable bonds is 5. The summed E-state index contributed by atoms with van der Waals surface area (Å²) in [6.07, 6.45) is 1.71. The smallest absolute Gasteiger partial charge is 0.243 e. The average Bonchev–Trinajstić information content (AvgIpc) is 2.71. The Bertz CT molecular complexity index is 788. The first kappa shape index (κ1) is 22.4. The van der Waals surface area contributed by atoms with Gasteiger partial charge in [-0.2, -0.15) is 16.1 Å².